The summed E-state index contributed by atoms with van der Waals surface area (Å²) in [4.78, 5) is 25.9. The highest BCUT2D eigenvalue weighted by Crippen LogP contribution is 2.27. The summed E-state index contributed by atoms with van der Waals surface area (Å²) in [5.41, 5.74) is 0.421. The lowest BCUT2D eigenvalue weighted by Crippen LogP contribution is -2.56. The minimum absolute atomic E-state index is 0.104. The lowest BCUT2D eigenvalue weighted by atomic mass is 10.1. The van der Waals surface area contributed by atoms with Gasteiger partial charge in [-0.15, -0.1) is 0 Å². The van der Waals surface area contributed by atoms with Crippen LogP contribution in [0.1, 0.15) is 23.7 Å². The van der Waals surface area contributed by atoms with Gasteiger partial charge in [0.1, 0.15) is 6.04 Å². The first-order valence-corrected chi connectivity index (χ1v) is 7.26. The molecule has 0 bridgehead atoms. The molecule has 1 unspecified atom stereocenters. The van der Waals surface area contributed by atoms with Gasteiger partial charge in [-0.1, -0.05) is 24.6 Å². The largest absolute Gasteiger partial charge is 0.353 e. The van der Waals surface area contributed by atoms with Gasteiger partial charge in [-0.05, 0) is 34.5 Å². The summed E-state index contributed by atoms with van der Waals surface area (Å²) in [6.45, 7) is 2.87. The number of nitrogens with one attached hydrogen (secondary N) is 1. The van der Waals surface area contributed by atoms with E-state index >= 15 is 0 Å². The molecule has 1 fully saturated rings. The molecular formula is C13H14BrClN2O2. The van der Waals surface area contributed by atoms with Gasteiger partial charge in [-0.3, -0.25) is 9.59 Å². The second kappa shape index (κ2) is 5.92. The number of rotatable bonds is 2. The molecule has 0 aromatic heterocycles. The van der Waals surface area contributed by atoms with Crippen LogP contribution in [0.4, 0.5) is 0 Å². The Morgan fingerprint density at radius 1 is 1.58 bits per heavy atom. The van der Waals surface area contributed by atoms with Gasteiger partial charge >= 0.3 is 0 Å². The topological polar surface area (TPSA) is 49.4 Å². The van der Waals surface area contributed by atoms with E-state index in [9.17, 15) is 9.59 Å². The number of halogens is 2. The van der Waals surface area contributed by atoms with Crippen LogP contribution in [0.3, 0.4) is 0 Å². The van der Waals surface area contributed by atoms with Gasteiger partial charge in [0.2, 0.25) is 5.91 Å². The van der Waals surface area contributed by atoms with Crippen LogP contribution in [0.15, 0.2) is 22.7 Å². The number of hydrogen-bond acceptors (Lipinski definition) is 2. The van der Waals surface area contributed by atoms with Crippen molar-refractivity contribution in [2.75, 3.05) is 13.1 Å². The Balaban J connectivity index is 2.32. The molecule has 2 amide bonds. The van der Waals surface area contributed by atoms with Crippen molar-refractivity contribution in [1.82, 2.24) is 10.2 Å². The van der Waals surface area contributed by atoms with Crippen LogP contribution in [0, 0.1) is 0 Å². The summed E-state index contributed by atoms with van der Waals surface area (Å²) in [7, 11) is 0. The maximum absolute atomic E-state index is 12.5. The molecule has 1 atom stereocenters. The normalized spacial score (nSPS) is 19.2. The first-order chi connectivity index (χ1) is 9.06. The molecule has 102 valence electrons. The molecule has 6 heteroatoms. The highest BCUT2D eigenvalue weighted by atomic mass is 79.9. The van der Waals surface area contributed by atoms with E-state index in [4.69, 9.17) is 11.6 Å². The van der Waals surface area contributed by atoms with Crippen molar-refractivity contribution >= 4 is 39.3 Å². The van der Waals surface area contributed by atoms with Crippen molar-refractivity contribution in [2.24, 2.45) is 0 Å². The van der Waals surface area contributed by atoms with Gasteiger partial charge in [-0.25, -0.2) is 0 Å². The standard InChI is InChI=1S/C13H14BrClN2O2/c1-2-10-12(18)16-6-7-17(10)13(19)8-4-3-5-9(14)11(8)15/h3-5,10H,2,6-7H2,1H3,(H,16,18). The van der Waals surface area contributed by atoms with Crippen molar-refractivity contribution in [1.29, 1.82) is 0 Å². The lowest BCUT2D eigenvalue weighted by Gasteiger charge is -2.34. The summed E-state index contributed by atoms with van der Waals surface area (Å²) in [5, 5.41) is 3.15. The Kier molecular flexibility index (Phi) is 4.47. The van der Waals surface area contributed by atoms with Crippen molar-refractivity contribution in [3.05, 3.63) is 33.3 Å². The Labute approximate surface area is 125 Å². The van der Waals surface area contributed by atoms with Gasteiger partial charge in [0.05, 0.1) is 10.6 Å². The summed E-state index contributed by atoms with van der Waals surface area (Å²) < 4.78 is 0.675. The molecule has 19 heavy (non-hydrogen) atoms. The van der Waals surface area contributed by atoms with Crippen LogP contribution in [0.2, 0.25) is 5.02 Å². The number of benzene rings is 1. The number of amides is 2. The molecule has 1 aliphatic heterocycles. The van der Waals surface area contributed by atoms with E-state index in [-0.39, 0.29) is 11.8 Å². The highest BCUT2D eigenvalue weighted by Gasteiger charge is 2.32. The van der Waals surface area contributed by atoms with E-state index in [1.54, 1.807) is 23.1 Å². The lowest BCUT2D eigenvalue weighted by molar-refractivity contribution is -0.127. The molecule has 1 aromatic rings. The van der Waals surface area contributed by atoms with Crippen molar-refractivity contribution in [3.63, 3.8) is 0 Å². The van der Waals surface area contributed by atoms with Crippen LogP contribution in [-0.2, 0) is 4.79 Å². The molecule has 1 heterocycles. The highest BCUT2D eigenvalue weighted by molar-refractivity contribution is 9.10. The molecule has 1 aromatic carbocycles. The second-order valence-corrected chi connectivity index (χ2v) is 5.55. The van der Waals surface area contributed by atoms with Gasteiger partial charge in [0.15, 0.2) is 0 Å². The van der Waals surface area contributed by atoms with Gasteiger partial charge < -0.3 is 10.2 Å². The fraction of sp³-hybridized carbons (Fsp3) is 0.385. The Hall–Kier alpha value is -1.07. The zero-order valence-corrected chi connectivity index (χ0v) is 12.8. The van der Waals surface area contributed by atoms with Crippen LogP contribution in [0.25, 0.3) is 0 Å². The number of carbonyl (C=O) groups is 2. The minimum Gasteiger partial charge on any atom is -0.353 e. The summed E-state index contributed by atoms with van der Waals surface area (Å²) in [6, 6.07) is 4.79. The zero-order valence-electron chi connectivity index (χ0n) is 10.5. The monoisotopic (exact) mass is 344 g/mol. The average molecular weight is 346 g/mol. The van der Waals surface area contributed by atoms with E-state index in [1.165, 1.54) is 0 Å². The van der Waals surface area contributed by atoms with Crippen LogP contribution < -0.4 is 5.32 Å². The van der Waals surface area contributed by atoms with E-state index < -0.39 is 6.04 Å². The van der Waals surface area contributed by atoms with Crippen molar-refractivity contribution in [2.45, 2.75) is 19.4 Å². The smallest absolute Gasteiger partial charge is 0.256 e. The molecule has 4 nitrogen and oxygen atoms in total. The predicted octanol–water partition coefficient (Wildman–Crippen LogP) is 2.45. The van der Waals surface area contributed by atoms with Crippen LogP contribution in [0.5, 0.6) is 0 Å². The molecule has 0 radical (unpaired) electrons. The SMILES string of the molecule is CCC1C(=O)NCCN1C(=O)c1cccc(Br)c1Cl. The summed E-state index contributed by atoms with van der Waals surface area (Å²) in [5.74, 6) is -0.304. The fourth-order valence-electron chi connectivity index (χ4n) is 2.19. The molecule has 1 aliphatic rings. The quantitative estimate of drug-likeness (QED) is 0.895. The third kappa shape index (κ3) is 2.77. The number of hydrogen-bond donors (Lipinski definition) is 1. The van der Waals surface area contributed by atoms with E-state index in [0.717, 1.165) is 0 Å². The number of nitrogens with zero attached hydrogens (tertiary/aromatic N) is 1. The zero-order chi connectivity index (χ0) is 14.0. The van der Waals surface area contributed by atoms with Crippen molar-refractivity contribution < 1.29 is 9.59 Å². The van der Waals surface area contributed by atoms with E-state index in [1.807, 2.05) is 6.92 Å². The third-order valence-electron chi connectivity index (χ3n) is 3.16. The average Bonchev–Trinajstić information content (AvgIpc) is 2.41. The first-order valence-electron chi connectivity index (χ1n) is 6.09. The molecule has 0 saturated carbocycles. The Morgan fingerprint density at radius 3 is 3.00 bits per heavy atom. The van der Waals surface area contributed by atoms with Crippen LogP contribution in [-0.4, -0.2) is 35.8 Å². The molecule has 1 N–H and O–H groups in total. The fourth-order valence-corrected chi connectivity index (χ4v) is 2.76. The summed E-state index contributed by atoms with van der Waals surface area (Å²) >= 11 is 9.44. The third-order valence-corrected chi connectivity index (χ3v) is 4.46. The maximum atomic E-state index is 12.5. The molecule has 0 aliphatic carbocycles. The number of piperazine rings is 1. The molecule has 2 rings (SSSR count). The first kappa shape index (κ1) is 14.3. The van der Waals surface area contributed by atoms with Crippen LogP contribution >= 0.6 is 27.5 Å². The van der Waals surface area contributed by atoms with Gasteiger partial charge in [-0.2, -0.15) is 0 Å². The predicted molar refractivity (Wildman–Crippen MR) is 77.3 cm³/mol. The summed E-state index contributed by atoms with van der Waals surface area (Å²) in [6.07, 6.45) is 0.587. The maximum Gasteiger partial charge on any atom is 0.256 e. The number of carbonyl (C=O) groups excluding carboxylic acids is 2. The Morgan fingerprint density at radius 2 is 2.32 bits per heavy atom. The molecule has 0 spiro atoms. The van der Waals surface area contributed by atoms with Crippen molar-refractivity contribution in [3.8, 4) is 0 Å². The molecule has 1 saturated heterocycles. The van der Waals surface area contributed by atoms with Gasteiger partial charge in [0, 0.05) is 17.6 Å². The van der Waals surface area contributed by atoms with Gasteiger partial charge in [0.25, 0.3) is 5.91 Å². The van der Waals surface area contributed by atoms with E-state index in [2.05, 4.69) is 21.2 Å². The second-order valence-electron chi connectivity index (χ2n) is 4.31. The Bertz CT molecular complexity index is 521. The minimum atomic E-state index is -0.420. The van der Waals surface area contributed by atoms with E-state index in [0.29, 0.717) is 34.6 Å². The molecular weight excluding hydrogens is 332 g/mol.